The Labute approximate surface area is 94.0 Å². The second-order valence-electron chi connectivity index (χ2n) is 3.83. The van der Waals surface area contributed by atoms with E-state index in [1.807, 2.05) is 17.8 Å². The number of carbonyl (C=O) groups excluding carboxylic acids is 1. The molecule has 1 amide bonds. The summed E-state index contributed by atoms with van der Waals surface area (Å²) in [6, 6.07) is 0. The largest absolute Gasteiger partial charge is 0.443 e. The lowest BCUT2D eigenvalue weighted by Gasteiger charge is -2.10. The summed E-state index contributed by atoms with van der Waals surface area (Å²) < 4.78 is 6.89. The third kappa shape index (κ3) is 2.16. The van der Waals surface area contributed by atoms with Gasteiger partial charge in [-0.05, 0) is 6.92 Å². The first kappa shape index (κ1) is 10.9. The zero-order chi connectivity index (χ0) is 11.5. The summed E-state index contributed by atoms with van der Waals surface area (Å²) in [7, 11) is 0. The topological polar surface area (TPSA) is 73.4 Å². The van der Waals surface area contributed by atoms with Gasteiger partial charge in [-0.15, -0.1) is 0 Å². The number of amides is 1. The summed E-state index contributed by atoms with van der Waals surface area (Å²) in [5.74, 6) is 0. The number of aromatic nitrogens is 2. The van der Waals surface area contributed by atoms with Gasteiger partial charge >= 0.3 is 6.09 Å². The molecule has 6 nitrogen and oxygen atoms in total. The van der Waals surface area contributed by atoms with E-state index in [-0.39, 0.29) is 12.2 Å². The van der Waals surface area contributed by atoms with Crippen LogP contribution in [-0.4, -0.2) is 40.0 Å². The number of hydrogen-bond donors (Lipinski definition) is 1. The van der Waals surface area contributed by atoms with Crippen LogP contribution in [0.25, 0.3) is 0 Å². The van der Waals surface area contributed by atoms with E-state index < -0.39 is 0 Å². The maximum atomic E-state index is 11.4. The number of aryl methyl sites for hydroxylation is 1. The van der Waals surface area contributed by atoms with Crippen LogP contribution in [0, 0.1) is 0 Å². The second kappa shape index (κ2) is 4.52. The van der Waals surface area contributed by atoms with Crippen molar-refractivity contribution in [3.63, 3.8) is 0 Å². The van der Waals surface area contributed by atoms with Gasteiger partial charge < -0.3 is 10.5 Å². The first-order valence-corrected chi connectivity index (χ1v) is 5.40. The zero-order valence-electron chi connectivity index (χ0n) is 9.30. The number of nitrogens with two attached hydrogens (primary N) is 1. The minimum Gasteiger partial charge on any atom is -0.443 e. The summed E-state index contributed by atoms with van der Waals surface area (Å²) in [4.78, 5) is 13.1. The van der Waals surface area contributed by atoms with E-state index in [2.05, 4.69) is 5.10 Å². The number of cyclic esters (lactones) is 1. The first-order chi connectivity index (χ1) is 7.72. The van der Waals surface area contributed by atoms with Crippen molar-refractivity contribution in [3.05, 3.63) is 18.0 Å². The van der Waals surface area contributed by atoms with Gasteiger partial charge in [-0.1, -0.05) is 0 Å². The van der Waals surface area contributed by atoms with Crippen LogP contribution in [0.5, 0.6) is 0 Å². The standard InChI is InChI=1S/C10H16N4O2/c1-2-14-6-8(4-12-14)5-13-7-9(3-11)16-10(13)15/h4,6,9H,2-3,5,7,11H2,1H3. The third-order valence-electron chi connectivity index (χ3n) is 2.60. The summed E-state index contributed by atoms with van der Waals surface area (Å²) in [6.45, 7) is 4.32. The van der Waals surface area contributed by atoms with Gasteiger partial charge in [0.2, 0.25) is 0 Å². The number of rotatable bonds is 4. The minimum absolute atomic E-state index is 0.172. The Morgan fingerprint density at radius 3 is 3.06 bits per heavy atom. The molecule has 0 bridgehead atoms. The molecule has 0 aromatic carbocycles. The van der Waals surface area contributed by atoms with Gasteiger partial charge in [0.25, 0.3) is 0 Å². The highest BCUT2D eigenvalue weighted by Crippen LogP contribution is 2.14. The molecule has 88 valence electrons. The van der Waals surface area contributed by atoms with Gasteiger partial charge in [-0.25, -0.2) is 4.79 Å². The highest BCUT2D eigenvalue weighted by atomic mass is 16.6. The maximum absolute atomic E-state index is 11.4. The van der Waals surface area contributed by atoms with Gasteiger partial charge in [0, 0.05) is 24.8 Å². The molecule has 1 aliphatic rings. The molecule has 0 spiro atoms. The van der Waals surface area contributed by atoms with Gasteiger partial charge in [0.05, 0.1) is 19.3 Å². The van der Waals surface area contributed by atoms with Crippen molar-refractivity contribution in [3.8, 4) is 0 Å². The molecule has 2 heterocycles. The van der Waals surface area contributed by atoms with Crippen molar-refractivity contribution in [1.29, 1.82) is 0 Å². The number of nitrogens with zero attached hydrogens (tertiary/aromatic N) is 3. The molecule has 1 aromatic heterocycles. The van der Waals surface area contributed by atoms with Crippen LogP contribution in [-0.2, 0) is 17.8 Å². The zero-order valence-corrected chi connectivity index (χ0v) is 9.30. The molecule has 1 atom stereocenters. The van der Waals surface area contributed by atoms with E-state index in [9.17, 15) is 4.79 Å². The molecular weight excluding hydrogens is 208 g/mol. The van der Waals surface area contributed by atoms with Crippen LogP contribution in [0.4, 0.5) is 4.79 Å². The van der Waals surface area contributed by atoms with Crippen molar-refractivity contribution >= 4 is 6.09 Å². The van der Waals surface area contributed by atoms with E-state index >= 15 is 0 Å². The van der Waals surface area contributed by atoms with Crippen LogP contribution in [0.1, 0.15) is 12.5 Å². The lowest BCUT2D eigenvalue weighted by Crippen LogP contribution is -2.27. The summed E-state index contributed by atoms with van der Waals surface area (Å²) in [6.07, 6.45) is 3.24. The number of carbonyl (C=O) groups is 1. The van der Waals surface area contributed by atoms with Gasteiger partial charge in [-0.3, -0.25) is 9.58 Å². The van der Waals surface area contributed by atoms with Crippen LogP contribution >= 0.6 is 0 Å². The molecule has 1 fully saturated rings. The van der Waals surface area contributed by atoms with Crippen LogP contribution < -0.4 is 5.73 Å². The quantitative estimate of drug-likeness (QED) is 0.792. The second-order valence-corrected chi connectivity index (χ2v) is 3.83. The van der Waals surface area contributed by atoms with Crippen LogP contribution in [0.3, 0.4) is 0 Å². The molecule has 1 unspecified atom stereocenters. The maximum Gasteiger partial charge on any atom is 0.410 e. The van der Waals surface area contributed by atoms with Crippen molar-refractivity contribution < 1.29 is 9.53 Å². The first-order valence-electron chi connectivity index (χ1n) is 5.40. The Kier molecular flexibility index (Phi) is 3.09. The average Bonchev–Trinajstić information content (AvgIpc) is 2.87. The Bertz CT molecular complexity index is 377. The Morgan fingerprint density at radius 2 is 2.50 bits per heavy atom. The summed E-state index contributed by atoms with van der Waals surface area (Å²) >= 11 is 0. The third-order valence-corrected chi connectivity index (χ3v) is 2.60. The lowest BCUT2D eigenvalue weighted by molar-refractivity contribution is 0.134. The highest BCUT2D eigenvalue weighted by molar-refractivity contribution is 5.69. The van der Waals surface area contributed by atoms with Gasteiger partial charge in [-0.2, -0.15) is 5.10 Å². The van der Waals surface area contributed by atoms with E-state index in [0.29, 0.717) is 19.6 Å². The normalized spacial score (nSPS) is 20.2. The molecular formula is C10H16N4O2. The van der Waals surface area contributed by atoms with Crippen molar-refractivity contribution in [2.24, 2.45) is 5.73 Å². The molecule has 6 heteroatoms. The number of hydrogen-bond acceptors (Lipinski definition) is 4. The Hall–Kier alpha value is -1.56. The fraction of sp³-hybridized carbons (Fsp3) is 0.600. The minimum atomic E-state index is -0.292. The van der Waals surface area contributed by atoms with Crippen LogP contribution in [0.15, 0.2) is 12.4 Å². The smallest absolute Gasteiger partial charge is 0.410 e. The number of ether oxygens (including phenoxy) is 1. The van der Waals surface area contributed by atoms with Gasteiger partial charge in [0.15, 0.2) is 0 Å². The Balaban J connectivity index is 1.97. The summed E-state index contributed by atoms with van der Waals surface area (Å²) in [5.41, 5.74) is 6.47. The molecule has 0 saturated carbocycles. The fourth-order valence-corrected chi connectivity index (χ4v) is 1.71. The fourth-order valence-electron chi connectivity index (χ4n) is 1.71. The van der Waals surface area contributed by atoms with E-state index in [4.69, 9.17) is 10.5 Å². The predicted molar refractivity (Wildman–Crippen MR) is 57.6 cm³/mol. The highest BCUT2D eigenvalue weighted by Gasteiger charge is 2.30. The SMILES string of the molecule is CCn1cc(CN2CC(CN)OC2=O)cn1. The van der Waals surface area contributed by atoms with E-state index in [1.165, 1.54) is 0 Å². The molecule has 2 N–H and O–H groups in total. The summed E-state index contributed by atoms with van der Waals surface area (Å²) in [5, 5.41) is 4.15. The molecule has 16 heavy (non-hydrogen) atoms. The molecule has 0 radical (unpaired) electrons. The van der Waals surface area contributed by atoms with E-state index in [0.717, 1.165) is 12.1 Å². The van der Waals surface area contributed by atoms with E-state index in [1.54, 1.807) is 11.1 Å². The molecule has 1 aliphatic heterocycles. The molecule has 0 aliphatic carbocycles. The molecule has 1 saturated heterocycles. The van der Waals surface area contributed by atoms with Crippen molar-refractivity contribution in [2.45, 2.75) is 26.1 Å². The average molecular weight is 224 g/mol. The lowest BCUT2D eigenvalue weighted by atomic mass is 10.3. The Morgan fingerprint density at radius 1 is 1.69 bits per heavy atom. The molecule has 2 rings (SSSR count). The van der Waals surface area contributed by atoms with Crippen molar-refractivity contribution in [1.82, 2.24) is 14.7 Å². The van der Waals surface area contributed by atoms with Crippen LogP contribution in [0.2, 0.25) is 0 Å². The van der Waals surface area contributed by atoms with Gasteiger partial charge in [0.1, 0.15) is 6.10 Å². The molecule has 1 aromatic rings. The van der Waals surface area contributed by atoms with Crippen molar-refractivity contribution in [2.75, 3.05) is 13.1 Å². The monoisotopic (exact) mass is 224 g/mol. The predicted octanol–water partition coefficient (Wildman–Crippen LogP) is 0.182.